The first-order valence-electron chi connectivity index (χ1n) is 9.85. The highest BCUT2D eigenvalue weighted by molar-refractivity contribution is 5.95. The molecule has 0 saturated heterocycles. The van der Waals surface area contributed by atoms with Gasteiger partial charge in [-0.05, 0) is 36.4 Å². The zero-order valence-electron chi connectivity index (χ0n) is 18.8. The van der Waals surface area contributed by atoms with E-state index in [9.17, 15) is 23.5 Å². The van der Waals surface area contributed by atoms with E-state index in [2.05, 4.69) is 4.98 Å². The molecule has 0 fully saturated rings. The summed E-state index contributed by atoms with van der Waals surface area (Å²) < 4.78 is 45.7. The number of amidine groups is 1. The van der Waals surface area contributed by atoms with E-state index in [1.807, 2.05) is 0 Å². The highest BCUT2D eigenvalue weighted by Crippen LogP contribution is 2.37. The predicted octanol–water partition coefficient (Wildman–Crippen LogP) is 3.64. The number of carboxylic acids is 1. The molecule has 4 N–H and O–H groups in total. The van der Waals surface area contributed by atoms with E-state index in [1.165, 1.54) is 68.6 Å². The number of hydrogen-bond acceptors (Lipinski definition) is 7. The molecular weight excluding hydrogens is 466 g/mol. The van der Waals surface area contributed by atoms with Gasteiger partial charge < -0.3 is 30.0 Å². The third kappa shape index (κ3) is 5.27. The third-order valence-corrected chi connectivity index (χ3v) is 4.61. The van der Waals surface area contributed by atoms with Crippen LogP contribution in [0.1, 0.15) is 26.3 Å². The van der Waals surface area contributed by atoms with Gasteiger partial charge >= 0.3 is 5.97 Å². The second-order valence-electron chi connectivity index (χ2n) is 7.24. The minimum absolute atomic E-state index is 0.0610. The highest BCUT2D eigenvalue weighted by atomic mass is 19.1. The summed E-state index contributed by atoms with van der Waals surface area (Å²) in [5.74, 6) is -7.80. The Morgan fingerprint density at radius 3 is 2.23 bits per heavy atom. The Morgan fingerprint density at radius 1 is 1.00 bits per heavy atom. The molecule has 3 rings (SSSR count). The van der Waals surface area contributed by atoms with Gasteiger partial charge in [0.25, 0.3) is 17.7 Å². The molecule has 1 heterocycles. The number of aromatic nitrogens is 1. The van der Waals surface area contributed by atoms with Gasteiger partial charge in [0.05, 0.1) is 7.11 Å². The van der Waals surface area contributed by atoms with Gasteiger partial charge in [0.2, 0.25) is 11.6 Å². The number of nitrogens with one attached hydrogen (secondary N) is 1. The van der Waals surface area contributed by atoms with Gasteiger partial charge in [-0.3, -0.25) is 10.2 Å². The number of nitrogens with zero attached hydrogens (tertiary/aromatic N) is 2. The quantitative estimate of drug-likeness (QED) is 0.323. The first-order chi connectivity index (χ1) is 16.5. The van der Waals surface area contributed by atoms with Crippen LogP contribution in [-0.4, -0.2) is 53.9 Å². The molecule has 0 spiro atoms. The fraction of sp³-hybridized carbons (Fsp3) is 0.130. The van der Waals surface area contributed by atoms with Crippen molar-refractivity contribution in [3.63, 3.8) is 0 Å². The van der Waals surface area contributed by atoms with Crippen LogP contribution in [0, 0.1) is 17.0 Å². The number of pyridine rings is 1. The number of carbonyl (C=O) groups is 2. The van der Waals surface area contributed by atoms with E-state index in [0.29, 0.717) is 0 Å². The molecule has 35 heavy (non-hydrogen) atoms. The normalized spacial score (nSPS) is 10.4. The van der Waals surface area contributed by atoms with Gasteiger partial charge in [0.15, 0.2) is 11.5 Å². The Bertz CT molecular complexity index is 1330. The van der Waals surface area contributed by atoms with Gasteiger partial charge in [0, 0.05) is 25.2 Å². The van der Waals surface area contributed by atoms with Crippen molar-refractivity contribution in [3.8, 4) is 29.0 Å². The molecule has 0 bridgehead atoms. The Hall–Kier alpha value is -4.74. The van der Waals surface area contributed by atoms with Crippen molar-refractivity contribution < 1.29 is 37.7 Å². The maximum Gasteiger partial charge on any atom is 0.342 e. The first-order valence-corrected chi connectivity index (χ1v) is 9.85. The number of ether oxygens (including phenoxy) is 3. The number of benzene rings is 2. The van der Waals surface area contributed by atoms with E-state index >= 15 is 0 Å². The molecule has 182 valence electrons. The average Bonchev–Trinajstić information content (AvgIpc) is 2.81. The van der Waals surface area contributed by atoms with E-state index in [4.69, 9.17) is 25.4 Å². The number of rotatable bonds is 8. The van der Waals surface area contributed by atoms with Gasteiger partial charge in [0.1, 0.15) is 17.1 Å². The van der Waals surface area contributed by atoms with E-state index < -0.39 is 34.9 Å². The zero-order valence-corrected chi connectivity index (χ0v) is 18.8. The maximum atomic E-state index is 14.9. The number of nitrogen functional groups attached to an aromatic ring is 1. The lowest BCUT2D eigenvalue weighted by Crippen LogP contribution is -2.21. The number of methoxy groups -OCH3 is 1. The van der Waals surface area contributed by atoms with Crippen molar-refractivity contribution >= 4 is 17.7 Å². The second-order valence-corrected chi connectivity index (χ2v) is 7.24. The monoisotopic (exact) mass is 486 g/mol. The minimum Gasteiger partial charge on any atom is -0.493 e. The number of carbonyl (C=O) groups excluding carboxylic acids is 1. The standard InChI is InChI=1S/C23H20F2N4O6/c1-29(2)22(30)12-5-4-6-13(9-12)34-20-17(24)16(23(31)32)18(25)21(28-20)35-15-10-11(19(26)27)7-8-14(15)33-3/h4-10H,1-3H3,(H3,26,27)(H,31,32). The van der Waals surface area contributed by atoms with Crippen LogP contribution >= 0.6 is 0 Å². The Balaban J connectivity index is 2.10. The lowest BCUT2D eigenvalue weighted by Gasteiger charge is -2.15. The van der Waals surface area contributed by atoms with Crippen LogP contribution in [-0.2, 0) is 0 Å². The van der Waals surface area contributed by atoms with Crippen LogP contribution in [0.3, 0.4) is 0 Å². The van der Waals surface area contributed by atoms with Crippen molar-refractivity contribution in [2.24, 2.45) is 5.73 Å². The molecule has 0 radical (unpaired) electrons. The van der Waals surface area contributed by atoms with Crippen molar-refractivity contribution in [3.05, 3.63) is 70.8 Å². The summed E-state index contributed by atoms with van der Waals surface area (Å²) in [6, 6.07) is 9.68. The fourth-order valence-electron chi connectivity index (χ4n) is 2.91. The summed E-state index contributed by atoms with van der Waals surface area (Å²) in [4.78, 5) is 28.8. The summed E-state index contributed by atoms with van der Waals surface area (Å²) in [5.41, 5.74) is 4.50. The first kappa shape index (κ1) is 24.9. The average molecular weight is 486 g/mol. The van der Waals surface area contributed by atoms with Crippen LogP contribution < -0.4 is 19.9 Å². The molecule has 10 nitrogen and oxygen atoms in total. The number of amides is 1. The molecule has 1 amide bonds. The van der Waals surface area contributed by atoms with Gasteiger partial charge in [-0.15, -0.1) is 0 Å². The molecule has 0 unspecified atom stereocenters. The SMILES string of the molecule is COc1ccc(C(=N)N)cc1Oc1nc(Oc2cccc(C(=O)N(C)C)c2)c(F)c(C(=O)O)c1F. The lowest BCUT2D eigenvalue weighted by molar-refractivity contribution is 0.0683. The summed E-state index contributed by atoms with van der Waals surface area (Å²) in [5, 5.41) is 16.9. The second kappa shape index (κ2) is 10.0. The maximum absolute atomic E-state index is 14.9. The number of aromatic carboxylic acids is 1. The molecule has 0 atom stereocenters. The molecule has 2 aromatic carbocycles. The van der Waals surface area contributed by atoms with Crippen LogP contribution in [0.15, 0.2) is 42.5 Å². The van der Waals surface area contributed by atoms with Gasteiger partial charge in [-0.25, -0.2) is 4.79 Å². The highest BCUT2D eigenvalue weighted by Gasteiger charge is 2.29. The number of carboxylic acid groups (broad SMARTS) is 1. The third-order valence-electron chi connectivity index (χ3n) is 4.61. The van der Waals surface area contributed by atoms with E-state index in [-0.39, 0.29) is 40.1 Å². The molecule has 0 aliphatic carbocycles. The van der Waals surface area contributed by atoms with Crippen LogP contribution in [0.2, 0.25) is 0 Å². The summed E-state index contributed by atoms with van der Waals surface area (Å²) in [7, 11) is 4.37. The minimum atomic E-state index is -1.93. The van der Waals surface area contributed by atoms with Crippen molar-refractivity contribution in [2.75, 3.05) is 21.2 Å². The summed E-state index contributed by atoms with van der Waals surface area (Å²) in [6.07, 6.45) is 0. The van der Waals surface area contributed by atoms with Crippen molar-refractivity contribution in [1.29, 1.82) is 5.41 Å². The summed E-state index contributed by atoms with van der Waals surface area (Å²) >= 11 is 0. The van der Waals surface area contributed by atoms with Crippen molar-refractivity contribution in [1.82, 2.24) is 9.88 Å². The Labute approximate surface area is 198 Å². The molecule has 0 aliphatic rings. The van der Waals surface area contributed by atoms with Gasteiger partial charge in [-0.1, -0.05) is 6.07 Å². The van der Waals surface area contributed by atoms with Crippen LogP contribution in [0.5, 0.6) is 29.0 Å². The molecule has 1 aromatic heterocycles. The number of halogens is 2. The number of nitrogens with two attached hydrogens (primary N) is 1. The van der Waals surface area contributed by atoms with Crippen molar-refractivity contribution in [2.45, 2.75) is 0 Å². The molecule has 0 saturated carbocycles. The van der Waals surface area contributed by atoms with Crippen LogP contribution in [0.25, 0.3) is 0 Å². The largest absolute Gasteiger partial charge is 0.493 e. The number of hydrogen-bond donors (Lipinski definition) is 3. The van der Waals surface area contributed by atoms with Gasteiger partial charge in [-0.2, -0.15) is 13.8 Å². The molecular formula is C23H20F2N4O6. The Morgan fingerprint density at radius 2 is 1.66 bits per heavy atom. The fourth-order valence-corrected chi connectivity index (χ4v) is 2.91. The zero-order chi connectivity index (χ0) is 25.9. The van der Waals surface area contributed by atoms with Crippen LogP contribution in [0.4, 0.5) is 8.78 Å². The Kier molecular flexibility index (Phi) is 7.14. The van der Waals surface area contributed by atoms with E-state index in [0.717, 1.165) is 0 Å². The molecule has 3 aromatic rings. The summed E-state index contributed by atoms with van der Waals surface area (Å²) in [6.45, 7) is 0. The topological polar surface area (TPSA) is 148 Å². The lowest BCUT2D eigenvalue weighted by atomic mass is 10.2. The molecule has 12 heteroatoms. The smallest absolute Gasteiger partial charge is 0.342 e. The molecule has 0 aliphatic heterocycles. The van der Waals surface area contributed by atoms with E-state index in [1.54, 1.807) is 0 Å². The predicted molar refractivity (Wildman–Crippen MR) is 120 cm³/mol.